The number of nitrogens with one attached hydrogen (secondary N) is 1. The first kappa shape index (κ1) is 15.5. The van der Waals surface area contributed by atoms with Crippen LogP contribution in [0, 0.1) is 17.2 Å². The number of hydrogen-bond donors (Lipinski definition) is 2. The summed E-state index contributed by atoms with van der Waals surface area (Å²) in [5.74, 6) is 1.20. The van der Waals surface area contributed by atoms with Gasteiger partial charge in [0.25, 0.3) is 0 Å². The van der Waals surface area contributed by atoms with E-state index in [4.69, 9.17) is 10.00 Å². The molecule has 0 heterocycles. The lowest BCUT2D eigenvalue weighted by Crippen LogP contribution is -2.38. The molecule has 4 heteroatoms. The minimum Gasteiger partial charge on any atom is -0.491 e. The SMILES string of the molecule is CC(C)[C@@H](C)NC[C@@H](O)COc1ccc(C#N)cc1. The van der Waals surface area contributed by atoms with Gasteiger partial charge in [-0.2, -0.15) is 5.26 Å². The number of nitrogens with zero attached hydrogens (tertiary/aromatic N) is 1. The van der Waals surface area contributed by atoms with Crippen LogP contribution in [0.25, 0.3) is 0 Å². The number of nitriles is 1. The zero-order valence-corrected chi connectivity index (χ0v) is 11.8. The fraction of sp³-hybridized carbons (Fsp3) is 0.533. The fourth-order valence-electron chi connectivity index (χ4n) is 1.43. The van der Waals surface area contributed by atoms with Crippen LogP contribution in [-0.2, 0) is 0 Å². The Morgan fingerprint density at radius 1 is 1.26 bits per heavy atom. The predicted molar refractivity (Wildman–Crippen MR) is 75.0 cm³/mol. The van der Waals surface area contributed by atoms with Crippen molar-refractivity contribution in [3.05, 3.63) is 29.8 Å². The molecule has 0 saturated carbocycles. The van der Waals surface area contributed by atoms with Crippen molar-refractivity contribution in [2.45, 2.75) is 32.9 Å². The summed E-state index contributed by atoms with van der Waals surface area (Å²) in [5.41, 5.74) is 0.598. The van der Waals surface area contributed by atoms with Gasteiger partial charge in [0.05, 0.1) is 11.6 Å². The van der Waals surface area contributed by atoms with Gasteiger partial charge in [0.1, 0.15) is 18.5 Å². The third kappa shape index (κ3) is 5.73. The summed E-state index contributed by atoms with van der Waals surface area (Å²) in [7, 11) is 0. The van der Waals surface area contributed by atoms with Crippen LogP contribution in [-0.4, -0.2) is 30.4 Å². The number of aliphatic hydroxyl groups excluding tert-OH is 1. The maximum atomic E-state index is 9.80. The summed E-state index contributed by atoms with van der Waals surface area (Å²) in [5, 5.41) is 21.7. The number of rotatable bonds is 7. The molecule has 0 aliphatic heterocycles. The second kappa shape index (κ2) is 7.78. The Kier molecular flexibility index (Phi) is 6.34. The fourth-order valence-corrected chi connectivity index (χ4v) is 1.43. The second-order valence-corrected chi connectivity index (χ2v) is 5.04. The molecule has 0 amide bonds. The third-order valence-corrected chi connectivity index (χ3v) is 3.10. The van der Waals surface area contributed by atoms with E-state index in [1.807, 2.05) is 6.07 Å². The molecule has 0 aromatic heterocycles. The molecule has 0 unspecified atom stereocenters. The Morgan fingerprint density at radius 3 is 2.42 bits per heavy atom. The zero-order chi connectivity index (χ0) is 14.3. The highest BCUT2D eigenvalue weighted by Gasteiger charge is 2.10. The van der Waals surface area contributed by atoms with Gasteiger partial charge in [-0.3, -0.25) is 0 Å². The largest absolute Gasteiger partial charge is 0.491 e. The quantitative estimate of drug-likeness (QED) is 0.788. The standard InChI is InChI=1S/C15H22N2O2/c1-11(2)12(3)17-9-14(18)10-19-15-6-4-13(8-16)5-7-15/h4-7,11-12,14,17-18H,9-10H2,1-3H3/t12-,14-/m1/s1. The second-order valence-electron chi connectivity index (χ2n) is 5.04. The molecular weight excluding hydrogens is 240 g/mol. The third-order valence-electron chi connectivity index (χ3n) is 3.10. The molecule has 1 rings (SSSR count). The Bertz CT molecular complexity index is 409. The molecule has 0 aliphatic rings. The average Bonchev–Trinajstić information content (AvgIpc) is 2.42. The van der Waals surface area contributed by atoms with E-state index >= 15 is 0 Å². The van der Waals surface area contributed by atoms with Crippen LogP contribution in [0.5, 0.6) is 5.75 Å². The Balaban J connectivity index is 2.29. The van der Waals surface area contributed by atoms with Crippen molar-refractivity contribution in [2.75, 3.05) is 13.2 Å². The summed E-state index contributed by atoms with van der Waals surface area (Å²) in [4.78, 5) is 0. The number of aliphatic hydroxyl groups is 1. The monoisotopic (exact) mass is 262 g/mol. The van der Waals surface area contributed by atoms with Crippen molar-refractivity contribution in [1.82, 2.24) is 5.32 Å². The van der Waals surface area contributed by atoms with Gasteiger partial charge in [-0.15, -0.1) is 0 Å². The average molecular weight is 262 g/mol. The first-order chi connectivity index (χ1) is 9.02. The van der Waals surface area contributed by atoms with Crippen LogP contribution in [0.1, 0.15) is 26.3 Å². The first-order valence-electron chi connectivity index (χ1n) is 6.57. The molecule has 0 aliphatic carbocycles. The van der Waals surface area contributed by atoms with Crippen molar-refractivity contribution in [3.63, 3.8) is 0 Å². The summed E-state index contributed by atoms with van der Waals surface area (Å²) in [6, 6.07) is 9.27. The van der Waals surface area contributed by atoms with Crippen LogP contribution in [0.15, 0.2) is 24.3 Å². The topological polar surface area (TPSA) is 65.3 Å². The lowest BCUT2D eigenvalue weighted by molar-refractivity contribution is 0.102. The van der Waals surface area contributed by atoms with Crippen LogP contribution in [0.2, 0.25) is 0 Å². The van der Waals surface area contributed by atoms with Crippen molar-refractivity contribution < 1.29 is 9.84 Å². The van der Waals surface area contributed by atoms with E-state index in [0.29, 0.717) is 29.8 Å². The Morgan fingerprint density at radius 2 is 1.89 bits per heavy atom. The van der Waals surface area contributed by atoms with Gasteiger partial charge in [0.15, 0.2) is 0 Å². The van der Waals surface area contributed by atoms with E-state index in [0.717, 1.165) is 0 Å². The lowest BCUT2D eigenvalue weighted by atomic mass is 10.1. The maximum absolute atomic E-state index is 9.80. The molecule has 19 heavy (non-hydrogen) atoms. The van der Waals surface area contributed by atoms with Crippen molar-refractivity contribution in [2.24, 2.45) is 5.92 Å². The maximum Gasteiger partial charge on any atom is 0.119 e. The normalized spacial score (nSPS) is 13.9. The van der Waals surface area contributed by atoms with Gasteiger partial charge < -0.3 is 15.2 Å². The van der Waals surface area contributed by atoms with E-state index in [-0.39, 0.29) is 6.61 Å². The minimum atomic E-state index is -0.545. The molecule has 0 fully saturated rings. The molecule has 104 valence electrons. The minimum absolute atomic E-state index is 0.240. The molecule has 2 N–H and O–H groups in total. The van der Waals surface area contributed by atoms with Gasteiger partial charge in [0.2, 0.25) is 0 Å². The van der Waals surface area contributed by atoms with E-state index in [1.165, 1.54) is 0 Å². The van der Waals surface area contributed by atoms with E-state index in [2.05, 4.69) is 26.1 Å². The summed E-state index contributed by atoms with van der Waals surface area (Å²) >= 11 is 0. The smallest absolute Gasteiger partial charge is 0.119 e. The highest BCUT2D eigenvalue weighted by molar-refractivity contribution is 5.34. The van der Waals surface area contributed by atoms with E-state index in [1.54, 1.807) is 24.3 Å². The van der Waals surface area contributed by atoms with Gasteiger partial charge >= 0.3 is 0 Å². The van der Waals surface area contributed by atoms with E-state index < -0.39 is 6.10 Å². The molecule has 1 aromatic carbocycles. The molecule has 2 atom stereocenters. The van der Waals surface area contributed by atoms with Crippen molar-refractivity contribution in [1.29, 1.82) is 5.26 Å². The van der Waals surface area contributed by atoms with Gasteiger partial charge in [-0.05, 0) is 37.1 Å². The van der Waals surface area contributed by atoms with Crippen LogP contribution >= 0.6 is 0 Å². The number of benzene rings is 1. The lowest BCUT2D eigenvalue weighted by Gasteiger charge is -2.20. The molecular formula is C15H22N2O2. The van der Waals surface area contributed by atoms with Crippen LogP contribution < -0.4 is 10.1 Å². The summed E-state index contributed by atoms with van der Waals surface area (Å²) < 4.78 is 5.46. The van der Waals surface area contributed by atoms with Gasteiger partial charge in [-0.25, -0.2) is 0 Å². The van der Waals surface area contributed by atoms with Crippen molar-refractivity contribution in [3.8, 4) is 11.8 Å². The van der Waals surface area contributed by atoms with Gasteiger partial charge in [0, 0.05) is 12.6 Å². The molecule has 0 radical (unpaired) electrons. The molecule has 4 nitrogen and oxygen atoms in total. The predicted octanol–water partition coefficient (Wildman–Crippen LogP) is 1.93. The summed E-state index contributed by atoms with van der Waals surface area (Å²) in [6.07, 6.45) is -0.545. The Hall–Kier alpha value is -1.57. The highest BCUT2D eigenvalue weighted by Crippen LogP contribution is 2.11. The molecule has 1 aromatic rings. The van der Waals surface area contributed by atoms with Crippen molar-refractivity contribution >= 4 is 0 Å². The number of hydrogen-bond acceptors (Lipinski definition) is 4. The van der Waals surface area contributed by atoms with Crippen LogP contribution in [0.3, 0.4) is 0 Å². The summed E-state index contributed by atoms with van der Waals surface area (Å²) in [6.45, 7) is 7.12. The zero-order valence-electron chi connectivity index (χ0n) is 11.8. The van der Waals surface area contributed by atoms with E-state index in [9.17, 15) is 5.11 Å². The van der Waals surface area contributed by atoms with Crippen LogP contribution in [0.4, 0.5) is 0 Å². The number of ether oxygens (including phenoxy) is 1. The highest BCUT2D eigenvalue weighted by atomic mass is 16.5. The van der Waals surface area contributed by atoms with Gasteiger partial charge in [-0.1, -0.05) is 13.8 Å². The molecule has 0 bridgehead atoms. The first-order valence-corrected chi connectivity index (χ1v) is 6.57. The molecule has 0 spiro atoms. The molecule has 0 saturated heterocycles. The Labute approximate surface area is 115 Å².